The number of hydrogen-bond acceptors (Lipinski definition) is 7. The third kappa shape index (κ3) is 0.729. The van der Waals surface area contributed by atoms with E-state index in [-0.39, 0.29) is 5.54 Å². The topological polar surface area (TPSA) is 59.2 Å². The molecule has 0 unspecified atom stereocenters. The summed E-state index contributed by atoms with van der Waals surface area (Å²) < 4.78 is 0. The third-order valence-corrected chi connectivity index (χ3v) is 2.91. The summed E-state index contributed by atoms with van der Waals surface area (Å²) in [5.74, 6) is -0.507. The Morgan fingerprint density at radius 1 is 0.786 bits per heavy atom. The minimum atomic E-state index is -0.507. The Balaban J connectivity index is 2.49. The zero-order valence-corrected chi connectivity index (χ0v) is 9.13. The van der Waals surface area contributed by atoms with Crippen LogP contribution in [0.15, 0.2) is 20.8 Å². The molecule has 0 aromatic rings. The summed E-state index contributed by atoms with van der Waals surface area (Å²) in [6.45, 7) is 4.03. The van der Waals surface area contributed by atoms with Crippen LogP contribution in [0.5, 0.6) is 0 Å². The molecule has 2 rings (SSSR count). The van der Waals surface area contributed by atoms with Gasteiger partial charge in [-0.1, -0.05) is 5.22 Å². The lowest BCUT2D eigenvalue weighted by atomic mass is 9.95. The highest BCUT2D eigenvalue weighted by Gasteiger charge is 2.62. The molecule has 0 aromatic carbocycles. The molecule has 0 aromatic heterocycles. The fourth-order valence-electron chi connectivity index (χ4n) is 2.37. The van der Waals surface area contributed by atoms with Gasteiger partial charge in [0.1, 0.15) is 5.54 Å². The molecule has 0 bridgehead atoms. The second kappa shape index (κ2) is 2.34. The van der Waals surface area contributed by atoms with Crippen molar-refractivity contribution in [2.45, 2.75) is 25.2 Å². The minimum absolute atomic E-state index is 0.366. The molecule has 2 heterocycles. The van der Waals surface area contributed by atoms with Gasteiger partial charge in [0.05, 0.1) is 0 Å². The smallest absolute Gasteiger partial charge is 0.233 e. The van der Waals surface area contributed by atoms with Gasteiger partial charge in [0.25, 0.3) is 5.79 Å². The van der Waals surface area contributed by atoms with Gasteiger partial charge >= 0.3 is 0 Å². The van der Waals surface area contributed by atoms with Crippen LogP contribution in [-0.2, 0) is 0 Å². The van der Waals surface area contributed by atoms with Gasteiger partial charge in [0, 0.05) is 21.1 Å². The molecule has 0 fully saturated rings. The summed E-state index contributed by atoms with van der Waals surface area (Å²) in [5.41, 5.74) is -0.366. The zero-order chi connectivity index (χ0) is 10.6. The molecular weight excluding hydrogens is 182 g/mol. The lowest BCUT2D eigenvalue weighted by Gasteiger charge is -2.45. The molecule has 0 atom stereocenters. The first-order chi connectivity index (χ1) is 6.43. The van der Waals surface area contributed by atoms with E-state index in [0.717, 1.165) is 0 Å². The van der Waals surface area contributed by atoms with Crippen molar-refractivity contribution in [3.05, 3.63) is 0 Å². The Morgan fingerprint density at radius 2 is 1.21 bits per heavy atom. The Morgan fingerprint density at radius 3 is 1.57 bits per heavy atom. The summed E-state index contributed by atoms with van der Waals surface area (Å²) in [6, 6.07) is 0. The van der Waals surface area contributed by atoms with Crippen molar-refractivity contribution in [1.82, 2.24) is 15.0 Å². The molecule has 2 aliphatic heterocycles. The third-order valence-electron chi connectivity index (χ3n) is 2.91. The molecule has 0 N–H and O–H groups in total. The molecule has 7 nitrogen and oxygen atoms in total. The Labute approximate surface area is 83.0 Å². The Kier molecular flexibility index (Phi) is 1.53. The van der Waals surface area contributed by atoms with Crippen LogP contribution in [0, 0.1) is 0 Å². The molecular formula is C7H15N7. The highest BCUT2D eigenvalue weighted by atomic mass is 15.9. The van der Waals surface area contributed by atoms with Gasteiger partial charge in [-0.15, -0.1) is 0 Å². The Bertz CT molecular complexity index is 287. The monoisotopic (exact) mass is 197 g/mol. The summed E-state index contributed by atoms with van der Waals surface area (Å²) in [6.07, 6.45) is 0. The van der Waals surface area contributed by atoms with Crippen LogP contribution in [-0.4, -0.2) is 47.5 Å². The van der Waals surface area contributed by atoms with Crippen LogP contribution in [0.2, 0.25) is 0 Å². The lowest BCUT2D eigenvalue weighted by Crippen LogP contribution is -2.67. The van der Waals surface area contributed by atoms with Crippen LogP contribution in [0.4, 0.5) is 0 Å². The van der Waals surface area contributed by atoms with Gasteiger partial charge in [-0.05, 0) is 24.3 Å². The first kappa shape index (κ1) is 9.17. The number of likely N-dealkylation sites (N-methyl/N-ethyl adjacent to an activating group) is 3. The van der Waals surface area contributed by atoms with Crippen molar-refractivity contribution in [2.24, 2.45) is 20.8 Å². The molecule has 0 aliphatic carbocycles. The van der Waals surface area contributed by atoms with Gasteiger partial charge in [-0.3, -0.25) is 0 Å². The maximum Gasteiger partial charge on any atom is 0.267 e. The number of hydrogen-bond donors (Lipinski definition) is 0. The molecule has 2 aliphatic rings. The van der Waals surface area contributed by atoms with Crippen molar-refractivity contribution in [2.75, 3.05) is 21.1 Å². The van der Waals surface area contributed by atoms with E-state index in [2.05, 4.69) is 20.8 Å². The average molecular weight is 197 g/mol. The van der Waals surface area contributed by atoms with E-state index in [1.807, 2.05) is 35.0 Å². The highest BCUT2D eigenvalue weighted by Crippen LogP contribution is 2.44. The van der Waals surface area contributed by atoms with E-state index in [1.54, 1.807) is 15.0 Å². The molecule has 14 heavy (non-hydrogen) atoms. The van der Waals surface area contributed by atoms with Crippen LogP contribution in [0.25, 0.3) is 0 Å². The van der Waals surface area contributed by atoms with Crippen molar-refractivity contribution in [3.63, 3.8) is 0 Å². The summed E-state index contributed by atoms with van der Waals surface area (Å²) in [7, 11) is 5.63. The normalized spacial score (nSPS) is 27.1. The van der Waals surface area contributed by atoms with Crippen LogP contribution in [0.3, 0.4) is 0 Å². The minimum Gasteiger partial charge on any atom is -0.233 e. The quantitative estimate of drug-likeness (QED) is 0.579. The fraction of sp³-hybridized carbons (Fsp3) is 1.00. The van der Waals surface area contributed by atoms with Crippen LogP contribution in [0.1, 0.15) is 13.8 Å². The molecule has 0 saturated heterocycles. The van der Waals surface area contributed by atoms with Crippen LogP contribution >= 0.6 is 0 Å². The molecule has 1 spiro atoms. The second-order valence-electron chi connectivity index (χ2n) is 4.13. The van der Waals surface area contributed by atoms with E-state index < -0.39 is 5.79 Å². The first-order valence-corrected chi connectivity index (χ1v) is 4.49. The summed E-state index contributed by atoms with van der Waals surface area (Å²) in [4.78, 5) is 0. The zero-order valence-electron chi connectivity index (χ0n) is 9.13. The number of nitrogens with zero attached hydrogens (tertiary/aromatic N) is 7. The van der Waals surface area contributed by atoms with E-state index in [9.17, 15) is 0 Å². The SMILES string of the molecule is CN1N=NN(C)C12N(C)N=NC2(C)C. The standard InChI is InChI=1S/C7H15N7/c1-6(2)7(12(3)9-8-6)13(4)10-11-14(7)5/h1-5H3. The van der Waals surface area contributed by atoms with E-state index in [0.29, 0.717) is 0 Å². The van der Waals surface area contributed by atoms with Crippen LogP contribution < -0.4 is 0 Å². The number of rotatable bonds is 0. The predicted octanol–water partition coefficient (Wildman–Crippen LogP) is 0.891. The Hall–Kier alpha value is -1.40. The van der Waals surface area contributed by atoms with Crippen molar-refractivity contribution >= 4 is 0 Å². The average Bonchev–Trinajstić information content (AvgIpc) is 2.51. The lowest BCUT2D eigenvalue weighted by molar-refractivity contribution is -0.123. The molecule has 0 radical (unpaired) electrons. The highest BCUT2D eigenvalue weighted by molar-refractivity contribution is 5.05. The van der Waals surface area contributed by atoms with Gasteiger partial charge in [0.2, 0.25) is 0 Å². The van der Waals surface area contributed by atoms with Crippen molar-refractivity contribution in [3.8, 4) is 0 Å². The van der Waals surface area contributed by atoms with E-state index in [1.165, 1.54) is 0 Å². The van der Waals surface area contributed by atoms with E-state index in [4.69, 9.17) is 0 Å². The van der Waals surface area contributed by atoms with Crippen molar-refractivity contribution < 1.29 is 0 Å². The first-order valence-electron chi connectivity index (χ1n) is 4.49. The molecule has 7 heteroatoms. The second-order valence-corrected chi connectivity index (χ2v) is 4.13. The maximum atomic E-state index is 4.23. The summed E-state index contributed by atoms with van der Waals surface area (Å²) >= 11 is 0. The van der Waals surface area contributed by atoms with Gasteiger partial charge in [-0.2, -0.15) is 5.11 Å². The van der Waals surface area contributed by atoms with E-state index >= 15 is 0 Å². The maximum absolute atomic E-state index is 4.23. The molecule has 0 saturated carbocycles. The predicted molar refractivity (Wildman–Crippen MR) is 49.8 cm³/mol. The van der Waals surface area contributed by atoms with Gasteiger partial charge < -0.3 is 0 Å². The summed E-state index contributed by atoms with van der Waals surface area (Å²) in [5, 5.41) is 21.7. The van der Waals surface area contributed by atoms with Crippen molar-refractivity contribution in [1.29, 1.82) is 0 Å². The molecule has 78 valence electrons. The fourth-order valence-corrected chi connectivity index (χ4v) is 2.37. The largest absolute Gasteiger partial charge is 0.267 e. The van der Waals surface area contributed by atoms with Gasteiger partial charge in [0.15, 0.2) is 0 Å². The molecule has 0 amide bonds. The van der Waals surface area contributed by atoms with Gasteiger partial charge in [-0.25, -0.2) is 15.0 Å².